The number of methoxy groups -OCH3 is 1. The maximum atomic E-state index is 11.7. The quantitative estimate of drug-likeness (QED) is 0.308. The molecular weight excluding hydrogens is 216 g/mol. The Kier molecular flexibility index (Phi) is 5.81. The van der Waals surface area contributed by atoms with Gasteiger partial charge in [-0.2, -0.15) is 0 Å². The Bertz CT molecular complexity index is 305. The van der Waals surface area contributed by atoms with Gasteiger partial charge in [-0.1, -0.05) is 25.8 Å². The lowest BCUT2D eigenvalue weighted by atomic mass is 9.95. The summed E-state index contributed by atoms with van der Waals surface area (Å²) in [6.07, 6.45) is 9.90. The summed E-state index contributed by atoms with van der Waals surface area (Å²) in [5.74, 6) is -0.149. The molecule has 0 aromatic heterocycles. The molecule has 0 bridgehead atoms. The smallest absolute Gasteiger partial charge is 0.334 e. The highest BCUT2D eigenvalue weighted by Gasteiger charge is 2.34. The SMILES string of the molecule is CCCCC/C=C1\C(=O)O[C@H](C)[C@H]1/C=C/OC. The van der Waals surface area contributed by atoms with Gasteiger partial charge in [0.05, 0.1) is 13.4 Å². The van der Waals surface area contributed by atoms with Crippen LogP contribution in [0.4, 0.5) is 0 Å². The molecule has 0 aromatic rings. The van der Waals surface area contributed by atoms with Gasteiger partial charge in [0, 0.05) is 11.5 Å². The van der Waals surface area contributed by atoms with Gasteiger partial charge in [0.25, 0.3) is 0 Å². The fraction of sp³-hybridized carbons (Fsp3) is 0.643. The topological polar surface area (TPSA) is 35.5 Å². The molecule has 1 heterocycles. The Morgan fingerprint density at radius 3 is 2.82 bits per heavy atom. The molecule has 0 unspecified atom stereocenters. The van der Waals surface area contributed by atoms with Gasteiger partial charge in [-0.25, -0.2) is 4.79 Å². The third-order valence-electron chi connectivity index (χ3n) is 2.99. The van der Waals surface area contributed by atoms with E-state index in [0.29, 0.717) is 0 Å². The van der Waals surface area contributed by atoms with Crippen molar-refractivity contribution >= 4 is 5.97 Å². The van der Waals surface area contributed by atoms with Crippen LogP contribution in [0.5, 0.6) is 0 Å². The van der Waals surface area contributed by atoms with E-state index in [-0.39, 0.29) is 18.0 Å². The van der Waals surface area contributed by atoms with Crippen molar-refractivity contribution in [2.75, 3.05) is 7.11 Å². The third kappa shape index (κ3) is 3.91. The van der Waals surface area contributed by atoms with Crippen molar-refractivity contribution in [1.82, 2.24) is 0 Å². The van der Waals surface area contributed by atoms with Crippen LogP contribution in [-0.2, 0) is 14.3 Å². The number of unbranched alkanes of at least 4 members (excludes halogenated alkanes) is 3. The summed E-state index contributed by atoms with van der Waals surface area (Å²) in [5.41, 5.74) is 0.780. The number of ether oxygens (including phenoxy) is 2. The van der Waals surface area contributed by atoms with E-state index in [2.05, 4.69) is 6.92 Å². The summed E-state index contributed by atoms with van der Waals surface area (Å²) in [5, 5.41) is 0. The van der Waals surface area contributed by atoms with E-state index in [0.717, 1.165) is 18.4 Å². The van der Waals surface area contributed by atoms with Crippen molar-refractivity contribution in [2.45, 2.75) is 45.6 Å². The molecule has 0 aliphatic carbocycles. The van der Waals surface area contributed by atoms with Crippen LogP contribution in [0.2, 0.25) is 0 Å². The molecule has 0 saturated carbocycles. The zero-order valence-electron chi connectivity index (χ0n) is 10.9. The first-order valence-corrected chi connectivity index (χ1v) is 6.31. The van der Waals surface area contributed by atoms with Crippen molar-refractivity contribution in [2.24, 2.45) is 5.92 Å². The van der Waals surface area contributed by atoms with Crippen molar-refractivity contribution in [1.29, 1.82) is 0 Å². The number of rotatable bonds is 6. The van der Waals surface area contributed by atoms with Crippen LogP contribution in [-0.4, -0.2) is 19.2 Å². The number of hydrogen-bond acceptors (Lipinski definition) is 3. The lowest BCUT2D eigenvalue weighted by molar-refractivity contribution is -0.138. The maximum Gasteiger partial charge on any atom is 0.334 e. The molecular formula is C14H22O3. The molecule has 1 aliphatic heterocycles. The molecule has 96 valence electrons. The molecule has 3 heteroatoms. The van der Waals surface area contributed by atoms with E-state index < -0.39 is 0 Å². The zero-order valence-corrected chi connectivity index (χ0v) is 10.9. The minimum absolute atomic E-state index is 0.0316. The molecule has 2 atom stereocenters. The normalized spacial score (nSPS) is 26.8. The summed E-state index contributed by atoms with van der Waals surface area (Å²) in [4.78, 5) is 11.7. The third-order valence-corrected chi connectivity index (χ3v) is 2.99. The minimum atomic E-state index is -0.181. The predicted molar refractivity (Wildman–Crippen MR) is 67.4 cm³/mol. The average molecular weight is 238 g/mol. The molecule has 1 saturated heterocycles. The first kappa shape index (κ1) is 13.8. The second-order valence-corrected chi connectivity index (χ2v) is 4.36. The molecule has 1 aliphatic rings. The number of allylic oxidation sites excluding steroid dienone is 1. The molecule has 0 radical (unpaired) electrons. The standard InChI is InChI=1S/C14H22O3/c1-4-5-6-7-8-13-12(9-10-16-3)11(2)17-14(13)15/h8-12H,4-7H2,1-3H3/b10-9+,13-8-/t11-,12-/m1/s1. The van der Waals surface area contributed by atoms with E-state index in [1.165, 1.54) is 12.8 Å². The molecule has 17 heavy (non-hydrogen) atoms. The zero-order chi connectivity index (χ0) is 12.7. The lowest BCUT2D eigenvalue weighted by Gasteiger charge is -2.07. The first-order valence-electron chi connectivity index (χ1n) is 6.31. The Labute approximate surface area is 103 Å². The lowest BCUT2D eigenvalue weighted by Crippen LogP contribution is -2.09. The Morgan fingerprint density at radius 1 is 1.41 bits per heavy atom. The van der Waals surface area contributed by atoms with Gasteiger partial charge in [0.15, 0.2) is 0 Å². The van der Waals surface area contributed by atoms with Crippen molar-refractivity contribution in [3.8, 4) is 0 Å². The van der Waals surface area contributed by atoms with Gasteiger partial charge in [-0.05, 0) is 25.8 Å². The Balaban J connectivity index is 2.64. The van der Waals surface area contributed by atoms with Crippen molar-refractivity contribution in [3.63, 3.8) is 0 Å². The van der Waals surface area contributed by atoms with Crippen LogP contribution in [0, 0.1) is 5.92 Å². The van der Waals surface area contributed by atoms with E-state index in [9.17, 15) is 4.79 Å². The highest BCUT2D eigenvalue weighted by atomic mass is 16.5. The summed E-state index contributed by atoms with van der Waals surface area (Å²) in [6.45, 7) is 4.08. The number of cyclic esters (lactones) is 1. The monoisotopic (exact) mass is 238 g/mol. The van der Waals surface area contributed by atoms with E-state index in [4.69, 9.17) is 9.47 Å². The summed E-state index contributed by atoms with van der Waals surface area (Å²) in [7, 11) is 1.60. The second-order valence-electron chi connectivity index (χ2n) is 4.36. The van der Waals surface area contributed by atoms with E-state index in [1.807, 2.05) is 19.1 Å². The van der Waals surface area contributed by atoms with Gasteiger partial charge < -0.3 is 9.47 Å². The van der Waals surface area contributed by atoms with Crippen LogP contribution < -0.4 is 0 Å². The largest absolute Gasteiger partial charge is 0.505 e. The Hall–Kier alpha value is -1.25. The van der Waals surface area contributed by atoms with Crippen LogP contribution in [0.15, 0.2) is 24.0 Å². The fourth-order valence-corrected chi connectivity index (χ4v) is 1.99. The van der Waals surface area contributed by atoms with Gasteiger partial charge in [0.1, 0.15) is 6.10 Å². The average Bonchev–Trinajstić information content (AvgIpc) is 2.57. The van der Waals surface area contributed by atoms with Gasteiger partial charge in [-0.15, -0.1) is 0 Å². The van der Waals surface area contributed by atoms with Crippen LogP contribution in [0.25, 0.3) is 0 Å². The summed E-state index contributed by atoms with van der Waals surface area (Å²) < 4.78 is 10.1. The molecule has 0 N–H and O–H groups in total. The molecule has 3 nitrogen and oxygen atoms in total. The number of carbonyl (C=O) groups is 1. The fourth-order valence-electron chi connectivity index (χ4n) is 1.99. The molecule has 1 fully saturated rings. The second kappa shape index (κ2) is 7.15. The van der Waals surface area contributed by atoms with Crippen molar-refractivity contribution < 1.29 is 14.3 Å². The van der Waals surface area contributed by atoms with E-state index in [1.54, 1.807) is 13.4 Å². The van der Waals surface area contributed by atoms with Crippen LogP contribution >= 0.6 is 0 Å². The highest BCUT2D eigenvalue weighted by molar-refractivity contribution is 5.91. The number of carbonyl (C=O) groups excluding carboxylic acids is 1. The molecule has 1 rings (SSSR count). The molecule has 0 aromatic carbocycles. The van der Waals surface area contributed by atoms with Gasteiger partial charge in [0.2, 0.25) is 0 Å². The minimum Gasteiger partial charge on any atom is -0.505 e. The molecule has 0 amide bonds. The van der Waals surface area contributed by atoms with Gasteiger partial charge >= 0.3 is 5.97 Å². The predicted octanol–water partition coefficient (Wildman–Crippen LogP) is 3.21. The van der Waals surface area contributed by atoms with Gasteiger partial charge in [-0.3, -0.25) is 0 Å². The summed E-state index contributed by atoms with van der Waals surface area (Å²) in [6, 6.07) is 0. The van der Waals surface area contributed by atoms with Crippen LogP contribution in [0.3, 0.4) is 0 Å². The summed E-state index contributed by atoms with van der Waals surface area (Å²) >= 11 is 0. The van der Waals surface area contributed by atoms with Crippen LogP contribution in [0.1, 0.15) is 39.5 Å². The maximum absolute atomic E-state index is 11.7. The first-order chi connectivity index (χ1) is 8.20. The number of hydrogen-bond donors (Lipinski definition) is 0. The Morgan fingerprint density at radius 2 is 2.18 bits per heavy atom. The molecule has 0 spiro atoms. The number of esters is 1. The van der Waals surface area contributed by atoms with Crippen molar-refractivity contribution in [3.05, 3.63) is 24.0 Å². The highest BCUT2D eigenvalue weighted by Crippen LogP contribution is 2.29. The van der Waals surface area contributed by atoms with E-state index >= 15 is 0 Å².